The number of hydrogen-bond acceptors (Lipinski definition) is 5. The van der Waals surface area contributed by atoms with Gasteiger partial charge in [0.25, 0.3) is 0 Å². The molecule has 7 nitrogen and oxygen atoms in total. The number of carbonyl (C=O) groups is 1. The number of amides is 1. The number of ether oxygens (including phenoxy) is 1. The third-order valence-corrected chi connectivity index (χ3v) is 3.91. The number of nitrogens with zero attached hydrogens (tertiary/aromatic N) is 1. The maximum Gasteiger partial charge on any atom is 0.573 e. The Morgan fingerprint density at radius 2 is 1.80 bits per heavy atom. The summed E-state index contributed by atoms with van der Waals surface area (Å²) >= 11 is 5.18. The van der Waals surface area contributed by atoms with E-state index in [1.165, 1.54) is 24.3 Å². The lowest BCUT2D eigenvalue weighted by Crippen LogP contribution is -2.49. The maximum absolute atomic E-state index is 12.4. The van der Waals surface area contributed by atoms with Crippen molar-refractivity contribution in [3.05, 3.63) is 54.1 Å². The summed E-state index contributed by atoms with van der Waals surface area (Å²) in [5.41, 5.74) is 1.11. The van der Waals surface area contributed by atoms with Crippen LogP contribution in [0.15, 0.2) is 48.5 Å². The van der Waals surface area contributed by atoms with Crippen molar-refractivity contribution in [1.82, 2.24) is 10.6 Å². The fourth-order valence-electron chi connectivity index (χ4n) is 2.39. The first-order valence-corrected chi connectivity index (χ1v) is 8.93. The molecule has 0 aliphatic rings. The molecule has 2 aromatic rings. The smallest absolute Gasteiger partial charge is 0.508 e. The van der Waals surface area contributed by atoms with Crippen LogP contribution in [-0.2, 0) is 11.2 Å². The highest BCUT2D eigenvalue weighted by atomic mass is 32.1. The van der Waals surface area contributed by atoms with Crippen LogP contribution in [0.25, 0.3) is 0 Å². The summed E-state index contributed by atoms with van der Waals surface area (Å²) in [7, 11) is 0. The second-order valence-electron chi connectivity index (χ2n) is 5.97. The second-order valence-corrected chi connectivity index (χ2v) is 6.38. The molecule has 0 aliphatic heterocycles. The van der Waals surface area contributed by atoms with Crippen LogP contribution in [0.2, 0.25) is 0 Å². The summed E-state index contributed by atoms with van der Waals surface area (Å²) in [6, 6.07) is 12.1. The summed E-state index contributed by atoms with van der Waals surface area (Å²) in [4.78, 5) is 12.4. The van der Waals surface area contributed by atoms with Gasteiger partial charge in [0, 0.05) is 12.1 Å². The molecular weight excluding hydrogens is 421 g/mol. The third kappa shape index (κ3) is 7.84. The van der Waals surface area contributed by atoms with Crippen molar-refractivity contribution in [2.45, 2.75) is 18.8 Å². The van der Waals surface area contributed by atoms with Crippen LogP contribution < -0.4 is 20.7 Å². The van der Waals surface area contributed by atoms with Gasteiger partial charge in [0.2, 0.25) is 5.91 Å². The Labute approximate surface area is 175 Å². The molecule has 0 aliphatic carbocycles. The molecule has 0 radical (unpaired) electrons. The van der Waals surface area contributed by atoms with E-state index in [4.69, 9.17) is 17.5 Å². The molecule has 4 N–H and O–H groups in total. The molecule has 2 aromatic carbocycles. The Balaban J connectivity index is 2.03. The normalized spacial score (nSPS) is 11.7. The minimum atomic E-state index is -4.79. The average molecular weight is 438 g/mol. The van der Waals surface area contributed by atoms with E-state index in [9.17, 15) is 23.1 Å². The van der Waals surface area contributed by atoms with E-state index in [-0.39, 0.29) is 29.6 Å². The van der Waals surface area contributed by atoms with Gasteiger partial charge >= 0.3 is 6.36 Å². The fourth-order valence-corrected chi connectivity index (χ4v) is 2.65. The summed E-state index contributed by atoms with van der Waals surface area (Å²) in [6.45, 7) is -0.187. The van der Waals surface area contributed by atoms with E-state index < -0.39 is 18.3 Å². The highest BCUT2D eigenvalue weighted by Crippen LogP contribution is 2.24. The highest BCUT2D eigenvalue weighted by Gasteiger charge is 2.31. The van der Waals surface area contributed by atoms with E-state index >= 15 is 0 Å². The number of carbonyl (C=O) groups excluding carboxylic acids is 1. The topological polar surface area (TPSA) is 106 Å². The van der Waals surface area contributed by atoms with Crippen molar-refractivity contribution in [1.29, 1.82) is 5.26 Å². The molecule has 1 amide bonds. The number of phenols is 1. The SMILES string of the molecule is N#CCNC(=O)C(Cc1ccc(O)cc1)NC(=S)Nc1ccc(OC(F)(F)F)cc1. The first-order chi connectivity index (χ1) is 14.2. The molecule has 11 heteroatoms. The second kappa shape index (κ2) is 10.3. The summed E-state index contributed by atoms with van der Waals surface area (Å²) < 4.78 is 40.5. The fraction of sp³-hybridized carbons (Fsp3) is 0.211. The number of halogens is 3. The van der Waals surface area contributed by atoms with Gasteiger partial charge in [0.1, 0.15) is 24.1 Å². The number of nitrogens with one attached hydrogen (secondary N) is 3. The molecule has 0 saturated carbocycles. The first-order valence-electron chi connectivity index (χ1n) is 8.52. The van der Waals surface area contributed by atoms with Gasteiger partial charge in [-0.1, -0.05) is 12.1 Å². The van der Waals surface area contributed by atoms with E-state index in [0.29, 0.717) is 5.69 Å². The number of benzene rings is 2. The first kappa shape index (κ1) is 22.8. The Morgan fingerprint density at radius 3 is 2.37 bits per heavy atom. The molecule has 0 aromatic heterocycles. The van der Waals surface area contributed by atoms with Crippen molar-refractivity contribution in [2.75, 3.05) is 11.9 Å². The van der Waals surface area contributed by atoms with Crippen molar-refractivity contribution < 1.29 is 27.8 Å². The number of alkyl halides is 3. The molecule has 0 spiro atoms. The van der Waals surface area contributed by atoms with Gasteiger partial charge in [-0.25, -0.2) is 0 Å². The zero-order chi connectivity index (χ0) is 22.1. The Bertz CT molecular complexity index is 913. The third-order valence-electron chi connectivity index (χ3n) is 3.69. The van der Waals surface area contributed by atoms with Gasteiger partial charge in [0.15, 0.2) is 5.11 Å². The summed E-state index contributed by atoms with van der Waals surface area (Å²) in [5.74, 6) is -0.775. The standard InChI is InChI=1S/C19H17F3N4O3S/c20-19(21,22)29-15-7-3-13(4-8-15)25-18(30)26-16(17(28)24-10-9-23)11-12-1-5-14(27)6-2-12/h1-8,16,27H,10-11H2,(H,24,28)(H2,25,26,30). The monoisotopic (exact) mass is 438 g/mol. The van der Waals surface area contributed by atoms with E-state index in [1.54, 1.807) is 18.2 Å². The lowest BCUT2D eigenvalue weighted by Gasteiger charge is -2.20. The molecular formula is C19H17F3N4O3S. The number of nitriles is 1. The van der Waals surface area contributed by atoms with E-state index in [2.05, 4.69) is 20.7 Å². The highest BCUT2D eigenvalue weighted by molar-refractivity contribution is 7.80. The van der Waals surface area contributed by atoms with Gasteiger partial charge in [-0.15, -0.1) is 13.2 Å². The van der Waals surface area contributed by atoms with Crippen molar-refractivity contribution in [2.24, 2.45) is 0 Å². The number of anilines is 1. The van der Waals surface area contributed by atoms with Gasteiger partial charge in [-0.3, -0.25) is 4.79 Å². The van der Waals surface area contributed by atoms with Crippen LogP contribution in [0.5, 0.6) is 11.5 Å². The Hall–Kier alpha value is -3.52. The largest absolute Gasteiger partial charge is 0.573 e. The van der Waals surface area contributed by atoms with Crippen LogP contribution >= 0.6 is 12.2 Å². The summed E-state index contributed by atoms with van der Waals surface area (Å²) in [5, 5.41) is 26.1. The van der Waals surface area contributed by atoms with Crippen LogP contribution in [0.1, 0.15) is 5.56 Å². The van der Waals surface area contributed by atoms with Gasteiger partial charge in [-0.2, -0.15) is 5.26 Å². The molecule has 0 heterocycles. The molecule has 30 heavy (non-hydrogen) atoms. The lowest BCUT2D eigenvalue weighted by molar-refractivity contribution is -0.274. The average Bonchev–Trinajstić information content (AvgIpc) is 2.67. The minimum Gasteiger partial charge on any atom is -0.508 e. The quantitative estimate of drug-likeness (QED) is 0.389. The van der Waals surface area contributed by atoms with Crippen molar-refractivity contribution in [3.63, 3.8) is 0 Å². The van der Waals surface area contributed by atoms with Crippen LogP contribution in [0.3, 0.4) is 0 Å². The number of thiocarbonyl (C=S) groups is 1. The van der Waals surface area contributed by atoms with Crippen LogP contribution in [0.4, 0.5) is 18.9 Å². The molecule has 2 rings (SSSR count). The van der Waals surface area contributed by atoms with E-state index in [1.807, 2.05) is 0 Å². The zero-order valence-corrected chi connectivity index (χ0v) is 16.2. The molecule has 1 atom stereocenters. The van der Waals surface area contributed by atoms with Crippen molar-refractivity contribution >= 4 is 28.9 Å². The molecule has 1 unspecified atom stereocenters. The van der Waals surface area contributed by atoms with Crippen LogP contribution in [0, 0.1) is 11.3 Å². The molecule has 0 bridgehead atoms. The van der Waals surface area contributed by atoms with Gasteiger partial charge in [0.05, 0.1) is 6.07 Å². The van der Waals surface area contributed by atoms with E-state index in [0.717, 1.165) is 17.7 Å². The Kier molecular flexibility index (Phi) is 7.83. The van der Waals surface area contributed by atoms with Crippen molar-refractivity contribution in [3.8, 4) is 17.6 Å². The predicted octanol–water partition coefficient (Wildman–Crippen LogP) is 2.83. The molecule has 0 saturated heterocycles. The predicted molar refractivity (Wildman–Crippen MR) is 107 cm³/mol. The number of phenolic OH excluding ortho intramolecular Hbond substituents is 1. The van der Waals surface area contributed by atoms with Gasteiger partial charge < -0.3 is 25.8 Å². The van der Waals surface area contributed by atoms with Crippen LogP contribution in [-0.4, -0.2) is 35.1 Å². The lowest BCUT2D eigenvalue weighted by atomic mass is 10.1. The number of hydrogen-bond donors (Lipinski definition) is 4. The number of aromatic hydroxyl groups is 1. The van der Waals surface area contributed by atoms with Gasteiger partial charge in [-0.05, 0) is 54.2 Å². The maximum atomic E-state index is 12.4. The number of rotatable bonds is 7. The molecule has 0 fully saturated rings. The molecule has 158 valence electrons. The summed E-state index contributed by atoms with van der Waals surface area (Å²) in [6.07, 6.45) is -4.58. The minimum absolute atomic E-state index is 0.0513. The Morgan fingerprint density at radius 1 is 1.17 bits per heavy atom. The zero-order valence-electron chi connectivity index (χ0n) is 15.4.